The summed E-state index contributed by atoms with van der Waals surface area (Å²) in [5.74, 6) is 0.868. The summed E-state index contributed by atoms with van der Waals surface area (Å²) in [7, 11) is 0. The van der Waals surface area contributed by atoms with E-state index in [0.29, 0.717) is 18.8 Å². The molecular formula is C18H22ClN3O. The topological polar surface area (TPSA) is 42.9 Å². The zero-order chi connectivity index (χ0) is 15.4. The molecule has 0 saturated carbocycles. The third kappa shape index (κ3) is 3.59. The number of aromatic nitrogens is 2. The summed E-state index contributed by atoms with van der Waals surface area (Å²) in [6.45, 7) is 4.23. The SMILES string of the molecule is CCCn1c(=N)n(CCOc2ccccc2)c2ccccc21.Cl. The Bertz CT molecular complexity index is 808. The normalized spacial score (nSPS) is 10.5. The van der Waals surface area contributed by atoms with Crippen molar-refractivity contribution in [2.75, 3.05) is 6.61 Å². The Hall–Kier alpha value is -2.20. The molecule has 1 heterocycles. The molecule has 1 N–H and O–H groups in total. The second-order valence-electron chi connectivity index (χ2n) is 5.28. The Balaban J connectivity index is 0.00000192. The van der Waals surface area contributed by atoms with Crippen LogP contribution < -0.4 is 10.4 Å². The number of imidazole rings is 1. The zero-order valence-corrected chi connectivity index (χ0v) is 14.1. The summed E-state index contributed by atoms with van der Waals surface area (Å²) < 4.78 is 9.86. The predicted molar refractivity (Wildman–Crippen MR) is 95.3 cm³/mol. The molecule has 0 atom stereocenters. The van der Waals surface area contributed by atoms with Gasteiger partial charge in [-0.25, -0.2) is 0 Å². The smallest absolute Gasteiger partial charge is 0.203 e. The third-order valence-electron chi connectivity index (χ3n) is 3.75. The van der Waals surface area contributed by atoms with E-state index < -0.39 is 0 Å². The molecule has 5 heteroatoms. The molecule has 0 aliphatic rings. The Morgan fingerprint density at radius 3 is 2.04 bits per heavy atom. The van der Waals surface area contributed by atoms with Gasteiger partial charge < -0.3 is 13.9 Å². The van der Waals surface area contributed by atoms with Crippen molar-refractivity contribution in [1.29, 1.82) is 5.41 Å². The predicted octanol–water partition coefficient (Wildman–Crippen LogP) is 3.83. The van der Waals surface area contributed by atoms with E-state index in [-0.39, 0.29) is 12.4 Å². The third-order valence-corrected chi connectivity index (χ3v) is 3.75. The van der Waals surface area contributed by atoms with Crippen LogP contribution in [0.2, 0.25) is 0 Å². The highest BCUT2D eigenvalue weighted by atomic mass is 35.5. The minimum absolute atomic E-state index is 0. The first-order valence-corrected chi connectivity index (χ1v) is 7.71. The fourth-order valence-corrected chi connectivity index (χ4v) is 2.74. The van der Waals surface area contributed by atoms with Crippen molar-refractivity contribution in [2.24, 2.45) is 0 Å². The fourth-order valence-electron chi connectivity index (χ4n) is 2.74. The highest BCUT2D eigenvalue weighted by Gasteiger charge is 2.09. The Morgan fingerprint density at radius 1 is 0.870 bits per heavy atom. The molecule has 0 amide bonds. The monoisotopic (exact) mass is 331 g/mol. The second-order valence-corrected chi connectivity index (χ2v) is 5.28. The van der Waals surface area contributed by atoms with Crippen LogP contribution in [0.1, 0.15) is 13.3 Å². The van der Waals surface area contributed by atoms with Gasteiger partial charge >= 0.3 is 0 Å². The number of halogens is 1. The second kappa shape index (κ2) is 7.88. The van der Waals surface area contributed by atoms with Crippen LogP contribution >= 0.6 is 12.4 Å². The number of hydrogen-bond acceptors (Lipinski definition) is 2. The summed E-state index contributed by atoms with van der Waals surface area (Å²) in [4.78, 5) is 0. The van der Waals surface area contributed by atoms with Crippen LogP contribution in [0.5, 0.6) is 5.75 Å². The van der Waals surface area contributed by atoms with Gasteiger partial charge in [-0.1, -0.05) is 37.3 Å². The number of ether oxygens (including phenoxy) is 1. The zero-order valence-electron chi connectivity index (χ0n) is 13.2. The van der Waals surface area contributed by atoms with Crippen LogP contribution in [0.15, 0.2) is 54.6 Å². The largest absolute Gasteiger partial charge is 0.492 e. The lowest BCUT2D eigenvalue weighted by Gasteiger charge is -2.07. The van der Waals surface area contributed by atoms with Gasteiger partial charge in [-0.3, -0.25) is 5.41 Å². The molecule has 0 radical (unpaired) electrons. The van der Waals surface area contributed by atoms with Gasteiger partial charge in [0.15, 0.2) is 0 Å². The van der Waals surface area contributed by atoms with Crippen molar-refractivity contribution in [1.82, 2.24) is 9.13 Å². The van der Waals surface area contributed by atoms with Crippen LogP contribution in [0.3, 0.4) is 0 Å². The van der Waals surface area contributed by atoms with Gasteiger partial charge in [0.1, 0.15) is 12.4 Å². The minimum atomic E-state index is 0. The maximum Gasteiger partial charge on any atom is 0.203 e. The first kappa shape index (κ1) is 17.2. The molecule has 122 valence electrons. The van der Waals surface area contributed by atoms with E-state index in [0.717, 1.165) is 29.7 Å². The van der Waals surface area contributed by atoms with E-state index in [1.807, 2.05) is 47.0 Å². The van der Waals surface area contributed by atoms with Gasteiger partial charge in [-0.15, -0.1) is 12.4 Å². The minimum Gasteiger partial charge on any atom is -0.492 e. The number of nitrogens with zero attached hydrogens (tertiary/aromatic N) is 2. The molecule has 0 saturated heterocycles. The molecule has 0 bridgehead atoms. The lowest BCUT2D eigenvalue weighted by atomic mass is 10.3. The summed E-state index contributed by atoms with van der Waals surface area (Å²) in [6, 6.07) is 18.0. The number of benzene rings is 2. The van der Waals surface area contributed by atoms with E-state index in [9.17, 15) is 0 Å². The Morgan fingerprint density at radius 2 is 1.43 bits per heavy atom. The van der Waals surface area contributed by atoms with Crippen LogP contribution in [-0.4, -0.2) is 15.7 Å². The molecule has 0 fully saturated rings. The van der Waals surface area contributed by atoms with Crippen LogP contribution in [0, 0.1) is 5.41 Å². The molecule has 2 aromatic carbocycles. The van der Waals surface area contributed by atoms with Crippen molar-refractivity contribution >= 4 is 23.4 Å². The molecule has 23 heavy (non-hydrogen) atoms. The molecule has 4 nitrogen and oxygen atoms in total. The molecule has 3 aromatic rings. The lowest BCUT2D eigenvalue weighted by molar-refractivity contribution is 0.296. The van der Waals surface area contributed by atoms with E-state index in [2.05, 4.69) is 23.6 Å². The number of para-hydroxylation sites is 3. The molecule has 0 aliphatic heterocycles. The first-order chi connectivity index (χ1) is 10.8. The van der Waals surface area contributed by atoms with Crippen molar-refractivity contribution in [3.05, 3.63) is 60.2 Å². The van der Waals surface area contributed by atoms with Gasteiger partial charge in [0.2, 0.25) is 5.62 Å². The molecule has 0 unspecified atom stereocenters. The summed E-state index contributed by atoms with van der Waals surface area (Å²) in [5, 5.41) is 8.43. The van der Waals surface area contributed by atoms with E-state index in [4.69, 9.17) is 10.1 Å². The summed E-state index contributed by atoms with van der Waals surface area (Å²) >= 11 is 0. The van der Waals surface area contributed by atoms with Crippen LogP contribution in [0.25, 0.3) is 11.0 Å². The molecular weight excluding hydrogens is 310 g/mol. The number of aryl methyl sites for hydroxylation is 1. The maximum atomic E-state index is 8.43. The highest BCUT2D eigenvalue weighted by molar-refractivity contribution is 5.85. The van der Waals surface area contributed by atoms with Crippen molar-refractivity contribution in [3.8, 4) is 5.75 Å². The number of nitrogens with one attached hydrogen (secondary N) is 1. The molecule has 1 aromatic heterocycles. The Kier molecular flexibility index (Phi) is 5.88. The first-order valence-electron chi connectivity index (χ1n) is 7.71. The quantitative estimate of drug-likeness (QED) is 0.733. The van der Waals surface area contributed by atoms with E-state index >= 15 is 0 Å². The average Bonchev–Trinajstić information content (AvgIpc) is 2.82. The molecule has 0 spiro atoms. The average molecular weight is 332 g/mol. The van der Waals surface area contributed by atoms with Crippen LogP contribution in [-0.2, 0) is 13.1 Å². The van der Waals surface area contributed by atoms with Crippen molar-refractivity contribution in [3.63, 3.8) is 0 Å². The number of hydrogen-bond donors (Lipinski definition) is 1. The number of fused-ring (bicyclic) bond motifs is 1. The molecule has 3 rings (SSSR count). The van der Waals surface area contributed by atoms with Gasteiger partial charge in [0, 0.05) is 6.54 Å². The highest BCUT2D eigenvalue weighted by Crippen LogP contribution is 2.14. The van der Waals surface area contributed by atoms with Gasteiger partial charge in [0.05, 0.1) is 17.6 Å². The summed E-state index contributed by atoms with van der Waals surface area (Å²) in [5.41, 5.74) is 2.76. The summed E-state index contributed by atoms with van der Waals surface area (Å²) in [6.07, 6.45) is 1.02. The van der Waals surface area contributed by atoms with Crippen LogP contribution in [0.4, 0.5) is 0 Å². The lowest BCUT2D eigenvalue weighted by Crippen LogP contribution is -2.26. The number of rotatable bonds is 6. The molecule has 0 aliphatic carbocycles. The van der Waals surface area contributed by atoms with E-state index in [1.165, 1.54) is 0 Å². The van der Waals surface area contributed by atoms with E-state index in [1.54, 1.807) is 0 Å². The maximum absolute atomic E-state index is 8.43. The van der Waals surface area contributed by atoms with Gasteiger partial charge in [0.25, 0.3) is 0 Å². The van der Waals surface area contributed by atoms with Crippen molar-refractivity contribution < 1.29 is 4.74 Å². The standard InChI is InChI=1S/C18H21N3O.ClH/c1-2-12-20-16-10-6-7-11-17(16)21(18(20)19)13-14-22-15-8-4-3-5-9-15;/h3-11,19H,2,12-14H2,1H3;1H. The Labute approximate surface area is 142 Å². The fraction of sp³-hybridized carbons (Fsp3) is 0.278. The van der Waals surface area contributed by atoms with Gasteiger partial charge in [-0.2, -0.15) is 0 Å². The van der Waals surface area contributed by atoms with Gasteiger partial charge in [-0.05, 0) is 30.7 Å². The van der Waals surface area contributed by atoms with Crippen molar-refractivity contribution in [2.45, 2.75) is 26.4 Å².